The van der Waals surface area contributed by atoms with Gasteiger partial charge in [0.1, 0.15) is 5.75 Å². The van der Waals surface area contributed by atoms with Crippen LogP contribution in [0.25, 0.3) is 10.2 Å². The van der Waals surface area contributed by atoms with Crippen LogP contribution >= 0.6 is 11.3 Å². The third kappa shape index (κ3) is 3.79. The lowest BCUT2D eigenvalue weighted by molar-refractivity contribution is 0.256. The van der Waals surface area contributed by atoms with Crippen LogP contribution in [0.4, 0.5) is 15.6 Å². The molecule has 122 valence electrons. The standard InChI is InChI=1S/C16H15N5O2S/c1-23-11-6-4-5-10(9-11)18-15(22)20-14(17)21-16-19-12-7-2-3-8-13(12)24-16/h2-9H,1H3,(H4,17,18,19,20,21,22). The van der Waals surface area contributed by atoms with E-state index in [2.05, 4.69) is 20.6 Å². The lowest BCUT2D eigenvalue weighted by Gasteiger charge is -2.07. The number of benzene rings is 2. The second kappa shape index (κ2) is 6.97. The largest absolute Gasteiger partial charge is 0.497 e. The van der Waals surface area contributed by atoms with Gasteiger partial charge < -0.3 is 15.8 Å². The first-order valence-corrected chi connectivity index (χ1v) is 7.87. The molecule has 0 spiro atoms. The number of rotatable bonds is 3. The molecule has 2 aromatic carbocycles. The maximum absolute atomic E-state index is 11.9. The van der Waals surface area contributed by atoms with E-state index in [1.165, 1.54) is 11.3 Å². The van der Waals surface area contributed by atoms with Gasteiger partial charge >= 0.3 is 6.03 Å². The monoisotopic (exact) mass is 341 g/mol. The van der Waals surface area contributed by atoms with E-state index in [9.17, 15) is 4.79 Å². The summed E-state index contributed by atoms with van der Waals surface area (Å²) in [6.45, 7) is 0. The number of nitrogens with zero attached hydrogens (tertiary/aromatic N) is 2. The molecule has 8 heteroatoms. The van der Waals surface area contributed by atoms with Gasteiger partial charge in [0.2, 0.25) is 11.1 Å². The Morgan fingerprint density at radius 1 is 1.25 bits per heavy atom. The molecule has 0 unspecified atom stereocenters. The number of amides is 2. The lowest BCUT2D eigenvalue weighted by Crippen LogP contribution is -2.39. The van der Waals surface area contributed by atoms with Crippen molar-refractivity contribution in [2.75, 3.05) is 12.4 Å². The number of para-hydroxylation sites is 1. The summed E-state index contributed by atoms with van der Waals surface area (Å²) in [6, 6.07) is 14.2. The number of aliphatic imine (C=N–C) groups is 1. The van der Waals surface area contributed by atoms with Crippen molar-refractivity contribution < 1.29 is 9.53 Å². The van der Waals surface area contributed by atoms with Gasteiger partial charge in [-0.3, -0.25) is 5.32 Å². The molecule has 0 radical (unpaired) electrons. The number of hydrogen-bond acceptors (Lipinski definition) is 5. The summed E-state index contributed by atoms with van der Waals surface area (Å²) in [7, 11) is 1.56. The highest BCUT2D eigenvalue weighted by atomic mass is 32.1. The van der Waals surface area contributed by atoms with Gasteiger partial charge in [-0.05, 0) is 24.3 Å². The minimum absolute atomic E-state index is 0.0329. The van der Waals surface area contributed by atoms with Crippen LogP contribution < -0.4 is 21.1 Å². The van der Waals surface area contributed by atoms with Crippen molar-refractivity contribution in [2.24, 2.45) is 10.7 Å². The zero-order valence-corrected chi connectivity index (χ0v) is 13.6. The number of ether oxygens (including phenoxy) is 1. The van der Waals surface area contributed by atoms with E-state index in [1.807, 2.05) is 24.3 Å². The van der Waals surface area contributed by atoms with E-state index in [0.717, 1.165) is 10.2 Å². The van der Waals surface area contributed by atoms with Crippen LogP contribution in [0.15, 0.2) is 53.5 Å². The van der Waals surface area contributed by atoms with Crippen LogP contribution in [0.5, 0.6) is 5.75 Å². The fourth-order valence-electron chi connectivity index (χ4n) is 2.02. The molecule has 0 aliphatic carbocycles. The number of methoxy groups -OCH3 is 1. The Morgan fingerprint density at radius 2 is 2.08 bits per heavy atom. The molecule has 2 amide bonds. The van der Waals surface area contributed by atoms with Crippen molar-refractivity contribution in [1.29, 1.82) is 0 Å². The smallest absolute Gasteiger partial charge is 0.325 e. The molecular formula is C16H15N5O2S. The van der Waals surface area contributed by atoms with E-state index in [0.29, 0.717) is 16.6 Å². The Balaban J connectivity index is 1.66. The van der Waals surface area contributed by atoms with Gasteiger partial charge in [0.25, 0.3) is 0 Å². The highest BCUT2D eigenvalue weighted by Crippen LogP contribution is 2.27. The number of fused-ring (bicyclic) bond motifs is 1. The number of carbonyl (C=O) groups excluding carboxylic acids is 1. The van der Waals surface area contributed by atoms with Crippen LogP contribution in [0.1, 0.15) is 0 Å². The van der Waals surface area contributed by atoms with E-state index >= 15 is 0 Å². The van der Waals surface area contributed by atoms with Crippen LogP contribution in [0.2, 0.25) is 0 Å². The molecule has 4 N–H and O–H groups in total. The highest BCUT2D eigenvalue weighted by Gasteiger charge is 2.06. The van der Waals surface area contributed by atoms with E-state index in [-0.39, 0.29) is 5.96 Å². The van der Waals surface area contributed by atoms with Crippen LogP contribution in [0.3, 0.4) is 0 Å². The Hall–Kier alpha value is -3.13. The van der Waals surface area contributed by atoms with Gasteiger partial charge in [0.05, 0.1) is 17.3 Å². The summed E-state index contributed by atoms with van der Waals surface area (Å²) >= 11 is 1.39. The third-order valence-corrected chi connectivity index (χ3v) is 4.00. The predicted molar refractivity (Wildman–Crippen MR) is 96.1 cm³/mol. The zero-order chi connectivity index (χ0) is 16.9. The van der Waals surface area contributed by atoms with Crippen LogP contribution in [0, 0.1) is 0 Å². The number of thiazole rings is 1. The molecular weight excluding hydrogens is 326 g/mol. The van der Waals surface area contributed by atoms with Crippen molar-refractivity contribution in [3.63, 3.8) is 0 Å². The molecule has 7 nitrogen and oxygen atoms in total. The zero-order valence-electron chi connectivity index (χ0n) is 12.8. The second-order valence-corrected chi connectivity index (χ2v) is 5.78. The topological polar surface area (TPSA) is 102 Å². The van der Waals surface area contributed by atoms with Gasteiger partial charge in [0.15, 0.2) is 0 Å². The summed E-state index contributed by atoms with van der Waals surface area (Å²) in [5, 5.41) is 5.60. The molecule has 0 aliphatic rings. The van der Waals surface area contributed by atoms with Crippen LogP contribution in [-0.4, -0.2) is 24.1 Å². The quantitative estimate of drug-likeness (QED) is 0.503. The fourth-order valence-corrected chi connectivity index (χ4v) is 2.87. The molecule has 0 bridgehead atoms. The number of guanidine groups is 1. The molecule has 3 rings (SSSR count). The van der Waals surface area contributed by atoms with Gasteiger partial charge in [0, 0.05) is 11.8 Å². The van der Waals surface area contributed by atoms with Gasteiger partial charge in [-0.1, -0.05) is 29.5 Å². The second-order valence-electron chi connectivity index (χ2n) is 4.77. The summed E-state index contributed by atoms with van der Waals surface area (Å²) in [6.07, 6.45) is 0. The number of aromatic nitrogens is 1. The molecule has 0 atom stereocenters. The van der Waals surface area contributed by atoms with Gasteiger partial charge in [-0.15, -0.1) is 0 Å². The number of nitrogens with one attached hydrogen (secondary N) is 2. The molecule has 0 fully saturated rings. The van der Waals surface area contributed by atoms with Gasteiger partial charge in [-0.25, -0.2) is 9.78 Å². The van der Waals surface area contributed by atoms with Crippen molar-refractivity contribution in [2.45, 2.75) is 0 Å². The maximum Gasteiger partial charge on any atom is 0.325 e. The number of urea groups is 1. The molecule has 1 aromatic heterocycles. The first-order valence-electron chi connectivity index (χ1n) is 7.06. The molecule has 0 aliphatic heterocycles. The molecule has 24 heavy (non-hydrogen) atoms. The van der Waals surface area contributed by atoms with Crippen molar-refractivity contribution >= 4 is 44.4 Å². The normalized spacial score (nSPS) is 11.3. The Kier molecular flexibility index (Phi) is 4.57. The number of nitrogens with two attached hydrogens (primary N) is 1. The Bertz CT molecular complexity index is 873. The highest BCUT2D eigenvalue weighted by molar-refractivity contribution is 7.22. The first kappa shape index (κ1) is 15.8. The average molecular weight is 341 g/mol. The SMILES string of the molecule is COc1cccc(NC(=O)NC(N)=Nc2nc3ccccc3s2)c1. The fraction of sp³-hybridized carbons (Fsp3) is 0.0625. The minimum Gasteiger partial charge on any atom is -0.497 e. The minimum atomic E-state index is -0.495. The first-order chi connectivity index (χ1) is 11.6. The van der Waals surface area contributed by atoms with Crippen molar-refractivity contribution in [3.05, 3.63) is 48.5 Å². The lowest BCUT2D eigenvalue weighted by atomic mass is 10.3. The number of carbonyl (C=O) groups is 1. The molecule has 1 heterocycles. The van der Waals surface area contributed by atoms with Crippen molar-refractivity contribution in [1.82, 2.24) is 10.3 Å². The summed E-state index contributed by atoms with van der Waals surface area (Å²) in [5.74, 6) is 0.610. The Labute approximate surface area is 142 Å². The van der Waals surface area contributed by atoms with E-state index in [1.54, 1.807) is 31.4 Å². The number of anilines is 1. The van der Waals surface area contributed by atoms with Crippen molar-refractivity contribution in [3.8, 4) is 5.75 Å². The molecule has 0 saturated heterocycles. The summed E-state index contributed by atoms with van der Waals surface area (Å²) in [4.78, 5) is 20.4. The summed E-state index contributed by atoms with van der Waals surface area (Å²) < 4.78 is 6.10. The average Bonchev–Trinajstić information content (AvgIpc) is 2.96. The number of hydrogen-bond donors (Lipinski definition) is 3. The third-order valence-electron chi connectivity index (χ3n) is 3.07. The maximum atomic E-state index is 11.9. The van der Waals surface area contributed by atoms with Gasteiger partial charge in [-0.2, -0.15) is 4.99 Å². The molecule has 3 aromatic rings. The summed E-state index contributed by atoms with van der Waals surface area (Å²) in [5.41, 5.74) is 7.18. The predicted octanol–water partition coefficient (Wildman–Crippen LogP) is 3.07. The molecule has 0 saturated carbocycles. The van der Waals surface area contributed by atoms with E-state index < -0.39 is 6.03 Å². The van der Waals surface area contributed by atoms with Crippen LogP contribution in [-0.2, 0) is 0 Å². The Morgan fingerprint density at radius 3 is 2.88 bits per heavy atom. The van der Waals surface area contributed by atoms with E-state index in [4.69, 9.17) is 10.5 Å².